The third kappa shape index (κ3) is 4.25. The van der Waals surface area contributed by atoms with E-state index in [-0.39, 0.29) is 33.6 Å². The van der Waals surface area contributed by atoms with Crippen LogP contribution in [0.4, 0.5) is 0 Å². The molecule has 0 radical (unpaired) electrons. The maximum atomic E-state index is 11.9. The highest BCUT2D eigenvalue weighted by Gasteiger charge is 2.38. The quantitative estimate of drug-likeness (QED) is 0.263. The lowest BCUT2D eigenvalue weighted by Crippen LogP contribution is -2.46. The molecule has 3 aliphatic heterocycles. The van der Waals surface area contributed by atoms with Crippen molar-refractivity contribution in [1.29, 1.82) is 0 Å². The molecule has 0 aromatic heterocycles. The fraction of sp³-hybridized carbons (Fsp3) is 0.200. The Morgan fingerprint density at radius 2 is 0.969 bits per heavy atom. The lowest BCUT2D eigenvalue weighted by molar-refractivity contribution is -0.139. The Morgan fingerprint density at radius 3 is 1.47 bits per heavy atom. The lowest BCUT2D eigenvalue weighted by Gasteiger charge is -2.23. The van der Waals surface area contributed by atoms with Crippen LogP contribution in [0.2, 0.25) is 0 Å². The number of amides is 5. The van der Waals surface area contributed by atoms with E-state index in [0.29, 0.717) is 4.91 Å². The van der Waals surface area contributed by atoms with Crippen molar-refractivity contribution in [3.05, 3.63) is 45.0 Å². The summed E-state index contributed by atoms with van der Waals surface area (Å²) in [5.74, 6) is -6.03. The van der Waals surface area contributed by atoms with E-state index >= 15 is 0 Å². The number of allylic oxidation sites excluding steroid dienone is 1. The number of hydrogen-bond donors (Lipinski definition) is 3. The molecule has 0 saturated carbocycles. The fourth-order valence-corrected chi connectivity index (χ4v) is 3.59. The van der Waals surface area contributed by atoms with Gasteiger partial charge in [0.05, 0.1) is 21.7 Å². The summed E-state index contributed by atoms with van der Waals surface area (Å²) in [4.78, 5) is 91.5. The monoisotopic (exact) mass is 459 g/mol. The number of imide groups is 2. The molecule has 0 aromatic rings. The summed E-state index contributed by atoms with van der Waals surface area (Å²) in [5.41, 5.74) is -0.498. The third-order valence-corrected chi connectivity index (χ3v) is 5.53. The summed E-state index contributed by atoms with van der Waals surface area (Å²) in [6.07, 6.45) is 1.68. The van der Waals surface area contributed by atoms with E-state index in [1.165, 1.54) is 20.8 Å². The Hall–Kier alpha value is -3.93. The summed E-state index contributed by atoms with van der Waals surface area (Å²) >= 11 is 1.16. The fourth-order valence-electron chi connectivity index (χ4n) is 2.95. The molecule has 5 amide bonds. The molecule has 0 spiro atoms. The summed E-state index contributed by atoms with van der Waals surface area (Å²) in [6.45, 7) is 7.48. The van der Waals surface area contributed by atoms with Gasteiger partial charge in [-0.3, -0.25) is 49.0 Å². The predicted molar refractivity (Wildman–Crippen MR) is 110 cm³/mol. The third-order valence-electron chi connectivity index (χ3n) is 4.63. The van der Waals surface area contributed by atoms with Crippen LogP contribution >= 0.6 is 11.8 Å². The molecule has 12 heteroatoms. The van der Waals surface area contributed by atoms with Crippen molar-refractivity contribution >= 4 is 58.6 Å². The second kappa shape index (κ2) is 9.06. The van der Waals surface area contributed by atoms with Crippen LogP contribution in [-0.2, 0) is 38.4 Å². The minimum Gasteiger partial charge on any atom is -0.319 e. The molecule has 0 atom stereocenters. The largest absolute Gasteiger partial charge is 0.319 e. The molecule has 0 bridgehead atoms. The average molecular weight is 459 g/mol. The van der Waals surface area contributed by atoms with E-state index in [0.717, 1.165) is 11.8 Å². The molecule has 32 heavy (non-hydrogen) atoms. The summed E-state index contributed by atoms with van der Waals surface area (Å²) in [6, 6.07) is 0. The zero-order chi connectivity index (χ0) is 24.5. The van der Waals surface area contributed by atoms with Crippen molar-refractivity contribution in [2.45, 2.75) is 20.8 Å². The first kappa shape index (κ1) is 24.3. The molecular weight excluding hydrogens is 442 g/mol. The predicted octanol–water partition coefficient (Wildman–Crippen LogP) is -1.09. The van der Waals surface area contributed by atoms with Crippen LogP contribution in [0.5, 0.6) is 0 Å². The maximum Gasteiger partial charge on any atom is 0.298 e. The average Bonchev–Trinajstić information content (AvgIpc) is 2.72. The number of carbonyl (C=O) groups excluding carboxylic acids is 8. The first-order valence-corrected chi connectivity index (χ1v) is 10.1. The molecule has 0 unspecified atom stereocenters. The second-order valence-corrected chi connectivity index (χ2v) is 7.46. The van der Waals surface area contributed by atoms with Crippen LogP contribution in [0.25, 0.3) is 0 Å². The Labute approximate surface area is 185 Å². The molecule has 0 fully saturated rings. The van der Waals surface area contributed by atoms with Crippen LogP contribution < -0.4 is 16.0 Å². The lowest BCUT2D eigenvalue weighted by atomic mass is 9.87. The van der Waals surface area contributed by atoms with E-state index in [1.807, 2.05) is 10.6 Å². The van der Waals surface area contributed by atoms with Crippen LogP contribution in [-0.4, -0.2) is 53.1 Å². The van der Waals surface area contributed by atoms with Gasteiger partial charge < -0.3 is 5.32 Å². The number of thioether (sulfide) groups is 1. The van der Waals surface area contributed by atoms with Gasteiger partial charge in [-0.05, 0) is 27.0 Å². The Bertz CT molecular complexity index is 1110. The first-order valence-electron chi connectivity index (χ1n) is 8.85. The van der Waals surface area contributed by atoms with Gasteiger partial charge in [0.2, 0.25) is 17.3 Å². The number of hydrogen-bond acceptors (Lipinski definition) is 9. The summed E-state index contributed by atoms with van der Waals surface area (Å²) < 4.78 is 0. The van der Waals surface area contributed by atoms with Crippen LogP contribution in [0.3, 0.4) is 0 Å². The van der Waals surface area contributed by atoms with Crippen molar-refractivity contribution in [3.63, 3.8) is 0 Å². The first-order chi connectivity index (χ1) is 14.8. The van der Waals surface area contributed by atoms with Gasteiger partial charge in [0.1, 0.15) is 0 Å². The highest BCUT2D eigenvalue weighted by atomic mass is 32.2. The Kier molecular flexibility index (Phi) is 6.89. The summed E-state index contributed by atoms with van der Waals surface area (Å²) in [5, 5.41) is 6.02. The highest BCUT2D eigenvalue weighted by Crippen LogP contribution is 2.26. The molecule has 0 aromatic carbocycles. The van der Waals surface area contributed by atoms with E-state index in [2.05, 4.69) is 11.9 Å². The van der Waals surface area contributed by atoms with Gasteiger partial charge in [-0.2, -0.15) is 0 Å². The minimum absolute atomic E-state index is 0.00500. The smallest absolute Gasteiger partial charge is 0.298 e. The van der Waals surface area contributed by atoms with Crippen LogP contribution in [0, 0.1) is 0 Å². The normalized spacial score (nSPS) is 19.7. The molecule has 3 rings (SSSR count). The van der Waals surface area contributed by atoms with Gasteiger partial charge in [0.15, 0.2) is 0 Å². The SMILES string of the molecule is C=C1NC(=O)C(C2=C(C)C(=O)C(=O)NC2=O)=C(C)C1=O.CSC1=C(C)C(=O)C(=O)NC1=O. The number of nitrogens with one attached hydrogen (secondary N) is 3. The molecule has 3 aliphatic rings. The molecule has 0 saturated heterocycles. The van der Waals surface area contributed by atoms with Gasteiger partial charge in [-0.25, -0.2) is 0 Å². The van der Waals surface area contributed by atoms with Gasteiger partial charge in [-0.15, -0.1) is 11.8 Å². The molecular formula is C20H17N3O8S. The van der Waals surface area contributed by atoms with E-state index in [4.69, 9.17) is 0 Å². The summed E-state index contributed by atoms with van der Waals surface area (Å²) in [7, 11) is 0. The topological polar surface area (TPSA) is 173 Å². The number of ketones is 3. The zero-order valence-electron chi connectivity index (χ0n) is 17.4. The van der Waals surface area contributed by atoms with E-state index in [9.17, 15) is 38.4 Å². The van der Waals surface area contributed by atoms with Crippen molar-refractivity contribution in [2.24, 2.45) is 0 Å². The van der Waals surface area contributed by atoms with E-state index < -0.39 is 46.9 Å². The zero-order valence-corrected chi connectivity index (χ0v) is 18.2. The molecule has 11 nitrogen and oxygen atoms in total. The van der Waals surface area contributed by atoms with Crippen LogP contribution in [0.1, 0.15) is 20.8 Å². The number of rotatable bonds is 2. The Morgan fingerprint density at radius 1 is 0.562 bits per heavy atom. The van der Waals surface area contributed by atoms with Gasteiger partial charge in [0.25, 0.3) is 29.5 Å². The standard InChI is InChI=1S/C13H10N2O5.C7H7NO3S/c1-4-7(11(18)14-6(3)9(4)16)8-5(2)10(17)13(20)15-12(8)19;1-3-4(9)6(10)8-7(11)5(3)12-2/h3H2,1-2H3,(H,14,18)(H,15,19,20);1-2H3,(H,8,10,11). The van der Waals surface area contributed by atoms with Crippen molar-refractivity contribution in [2.75, 3.05) is 6.26 Å². The molecule has 3 heterocycles. The molecule has 3 N–H and O–H groups in total. The maximum absolute atomic E-state index is 11.9. The van der Waals surface area contributed by atoms with Gasteiger partial charge in [-0.1, -0.05) is 6.58 Å². The molecule has 0 aliphatic carbocycles. The van der Waals surface area contributed by atoms with Crippen LogP contribution in [0.15, 0.2) is 45.0 Å². The highest BCUT2D eigenvalue weighted by molar-refractivity contribution is 8.03. The van der Waals surface area contributed by atoms with Gasteiger partial charge in [0, 0.05) is 16.7 Å². The van der Waals surface area contributed by atoms with E-state index in [1.54, 1.807) is 6.26 Å². The van der Waals surface area contributed by atoms with Crippen molar-refractivity contribution < 1.29 is 38.4 Å². The second-order valence-electron chi connectivity index (χ2n) is 6.64. The number of Topliss-reactive ketones (excluding diaryl/α,β-unsaturated/α-hetero) is 3. The Balaban J connectivity index is 0.000000258. The van der Waals surface area contributed by atoms with Crippen molar-refractivity contribution in [1.82, 2.24) is 16.0 Å². The van der Waals surface area contributed by atoms with Crippen molar-refractivity contribution in [3.8, 4) is 0 Å². The molecule has 166 valence electrons. The van der Waals surface area contributed by atoms with Gasteiger partial charge >= 0.3 is 0 Å². The minimum atomic E-state index is -1.05. The number of carbonyl (C=O) groups is 8.